The van der Waals surface area contributed by atoms with E-state index in [4.69, 9.17) is 9.47 Å². The summed E-state index contributed by atoms with van der Waals surface area (Å²) in [7, 11) is 7.56. The molecule has 6 N–H and O–H groups in total. The molecule has 122 heavy (non-hydrogen) atoms. The van der Waals surface area contributed by atoms with Crippen molar-refractivity contribution in [2.75, 3.05) is 41.9 Å². The lowest BCUT2D eigenvalue weighted by Crippen LogP contribution is -2.35. The maximum Gasteiger partial charge on any atom is 0.286 e. The summed E-state index contributed by atoms with van der Waals surface area (Å²) >= 11 is 0. The molecule has 1 aliphatic carbocycles. The fourth-order valence-corrected chi connectivity index (χ4v) is 15.1. The van der Waals surface area contributed by atoms with Crippen molar-refractivity contribution in [3.63, 3.8) is 0 Å². The number of halogens is 7. The Hall–Kier alpha value is -14.2. The second-order valence-corrected chi connectivity index (χ2v) is 29.4. The molecular weight excluding hydrogens is 1570 g/mol. The molecule has 9 aromatic carbocycles. The number of aromatic nitrogens is 3. The van der Waals surface area contributed by atoms with Gasteiger partial charge in [0, 0.05) is 109 Å². The van der Waals surface area contributed by atoms with Gasteiger partial charge in [-0.3, -0.25) is 43.7 Å². The van der Waals surface area contributed by atoms with Crippen LogP contribution in [0, 0.1) is 54.6 Å². The van der Waals surface area contributed by atoms with Gasteiger partial charge in [0.25, 0.3) is 23.6 Å². The second kappa shape index (κ2) is 40.0. The monoisotopic (exact) mass is 1650 g/mol. The number of methoxy groups -OCH3 is 2. The Morgan fingerprint density at radius 2 is 0.877 bits per heavy atom. The molecule has 1 aliphatic heterocycles. The third kappa shape index (κ3) is 21.8. The van der Waals surface area contributed by atoms with E-state index in [9.17, 15) is 59.5 Å². The number of hydrogen-bond acceptors (Lipinski definition) is 11. The van der Waals surface area contributed by atoms with Crippen LogP contribution in [0.3, 0.4) is 0 Å². The second-order valence-electron chi connectivity index (χ2n) is 29.4. The van der Waals surface area contributed by atoms with Crippen LogP contribution >= 0.6 is 0 Å². The molecule has 3 aromatic heterocycles. The van der Waals surface area contributed by atoms with E-state index in [0.29, 0.717) is 96.2 Å². The highest BCUT2D eigenvalue weighted by Gasteiger charge is 2.31. The normalized spacial score (nSPS) is 12.5. The Morgan fingerprint density at radius 3 is 1.35 bits per heavy atom. The van der Waals surface area contributed by atoms with Gasteiger partial charge in [0.2, 0.25) is 24.0 Å². The van der Waals surface area contributed by atoms with E-state index in [1.807, 2.05) is 74.0 Å². The van der Waals surface area contributed by atoms with Crippen LogP contribution in [0.5, 0.6) is 11.5 Å². The van der Waals surface area contributed by atoms with Crippen molar-refractivity contribution in [2.45, 2.75) is 83.8 Å². The number of benzene rings is 9. The number of carbonyl (C=O) groups excluding carboxylic acids is 6. The molecular formula is C97H88F7N10O8+. The molecule has 3 atom stereocenters. The van der Waals surface area contributed by atoms with Gasteiger partial charge in [-0.1, -0.05) is 84.4 Å². The lowest BCUT2D eigenvalue weighted by atomic mass is 9.94. The highest BCUT2D eigenvalue weighted by molar-refractivity contribution is 5.97. The summed E-state index contributed by atoms with van der Waals surface area (Å²) in [6.07, 6.45) is 8.59. The maximum absolute atomic E-state index is 14.5. The van der Waals surface area contributed by atoms with Gasteiger partial charge in [0.1, 0.15) is 52.2 Å². The SMILES string of the molecule is CNC(=O)c1cc(-c2cccnc2[C@H](Cc2cc(F)cc(F)c2)NC(=O)C[N+]2=CCc3cc(C)c(C)cc32)ccc1F.CNC(=O)c1cccc(-c2cccnc2[C@H](Cc2cc(F)cc(F)c2)NC(=O)CC2=C(C)Cc3ccccc32)c1.CNC(=O)c1cccc(-c2cccnc2[C@H](Cc2cc(F)cc(F)c2)NC(=O)Cc2ccc(OC)cc2OC)c1. The summed E-state index contributed by atoms with van der Waals surface area (Å²) < 4.78 is 112. The Bertz CT molecular complexity index is 5980. The fraction of sp³-hybridized carbons (Fsp3) is 0.196. The zero-order valence-electron chi connectivity index (χ0n) is 68.1. The van der Waals surface area contributed by atoms with Crippen LogP contribution < -0.4 is 41.4 Å². The number of nitrogens with one attached hydrogen (secondary N) is 6. The molecule has 0 bridgehead atoms. The van der Waals surface area contributed by atoms with E-state index < -0.39 is 64.8 Å². The van der Waals surface area contributed by atoms with Gasteiger partial charge in [-0.2, -0.15) is 4.58 Å². The molecule has 0 saturated heterocycles. The first kappa shape index (κ1) is 87.1. The Balaban J connectivity index is 0.000000167. The molecule has 25 heteroatoms. The van der Waals surface area contributed by atoms with Crippen LogP contribution in [0.2, 0.25) is 0 Å². The number of aryl methyl sites for hydroxylation is 2. The number of amides is 6. The molecule has 0 radical (unpaired) electrons. The van der Waals surface area contributed by atoms with Crippen molar-refractivity contribution in [1.82, 2.24) is 46.9 Å². The van der Waals surface area contributed by atoms with Crippen molar-refractivity contribution in [2.24, 2.45) is 0 Å². The molecule has 0 spiro atoms. The van der Waals surface area contributed by atoms with Gasteiger partial charge in [0.05, 0.1) is 74.3 Å². The first-order valence-corrected chi connectivity index (χ1v) is 39.2. The van der Waals surface area contributed by atoms with E-state index in [0.717, 1.165) is 63.7 Å². The van der Waals surface area contributed by atoms with Gasteiger partial charge in [-0.05, 0) is 211 Å². The Morgan fingerprint density at radius 1 is 0.426 bits per heavy atom. The van der Waals surface area contributed by atoms with Crippen molar-refractivity contribution in [3.05, 3.63) is 361 Å². The third-order valence-electron chi connectivity index (χ3n) is 21.0. The van der Waals surface area contributed by atoms with Crippen LogP contribution in [0.4, 0.5) is 36.4 Å². The van der Waals surface area contributed by atoms with Gasteiger partial charge in [-0.15, -0.1) is 0 Å². The zero-order valence-corrected chi connectivity index (χ0v) is 68.1. The minimum Gasteiger partial charge on any atom is -0.497 e. The third-order valence-corrected chi connectivity index (χ3v) is 21.0. The first-order valence-electron chi connectivity index (χ1n) is 39.2. The zero-order chi connectivity index (χ0) is 86.8. The Kier molecular flexibility index (Phi) is 28.6. The fourth-order valence-electron chi connectivity index (χ4n) is 15.1. The lowest BCUT2D eigenvalue weighted by Gasteiger charge is -2.22. The highest BCUT2D eigenvalue weighted by atomic mass is 19.2. The van der Waals surface area contributed by atoms with Crippen molar-refractivity contribution < 1.29 is 73.5 Å². The summed E-state index contributed by atoms with van der Waals surface area (Å²) in [5.74, 6) is -5.86. The molecule has 6 amide bonds. The lowest BCUT2D eigenvalue weighted by molar-refractivity contribution is -0.420. The Labute approximate surface area is 701 Å². The highest BCUT2D eigenvalue weighted by Crippen LogP contribution is 2.38. The van der Waals surface area contributed by atoms with Gasteiger partial charge < -0.3 is 41.4 Å². The van der Waals surface area contributed by atoms with Crippen molar-refractivity contribution in [1.29, 1.82) is 0 Å². The number of carbonyl (C=O) groups is 6. The number of rotatable bonds is 26. The van der Waals surface area contributed by atoms with Gasteiger partial charge >= 0.3 is 0 Å². The van der Waals surface area contributed by atoms with Crippen LogP contribution in [-0.2, 0) is 52.9 Å². The van der Waals surface area contributed by atoms with Crippen molar-refractivity contribution in [3.8, 4) is 44.9 Å². The molecule has 0 saturated carbocycles. The number of ether oxygens (including phenoxy) is 2. The number of pyridine rings is 3. The predicted molar refractivity (Wildman–Crippen MR) is 453 cm³/mol. The summed E-state index contributed by atoms with van der Waals surface area (Å²) in [4.78, 5) is 90.9. The van der Waals surface area contributed by atoms with Gasteiger partial charge in [-0.25, -0.2) is 30.7 Å². The standard InChI is InChI=1S/C33H29F3N4O2.C33H29F2N3O2.C31H29F2N3O4/c1-19-11-23-8-10-40(30(23)12-20(19)2)18-31(41)39-29(15-21-13-24(34)17-25(35)14-21)32-26(5-4-9-38-32)22-6-7-28(36)27(16-22)33(42)37-3;1-20-13-22-7-3-4-10-27(22)29(20)19-31(39)38-30(16-21-14-25(34)18-26(35)15-21)32-28(11-6-12-37-32)23-8-5-9-24(17-23)33(40)36-2;1-34-31(38)22-7-4-6-20(15-22)26-8-5-11-35-30(26)27(14-19-12-23(32)17-24(33)13-19)36-29(37)16-21-9-10-25(39-2)18-28(21)40-3/h4-7,9-14,16-17,29H,8,15,18H2,1-3H3,(H-,37,39,41,42);3-12,14-15,17-18,30H,13,16,19H2,1-2H3,(H,36,40)(H,38,39);4-13,15,17-18,27H,14,16H2,1-3H3,(H,34,38)(H,36,37)/p+1/t29-;30-;27-/m000/s1. The molecule has 622 valence electrons. The summed E-state index contributed by atoms with van der Waals surface area (Å²) in [5, 5.41) is 16.8. The van der Waals surface area contributed by atoms with E-state index in [2.05, 4.69) is 65.1 Å². The number of hydrogen-bond donors (Lipinski definition) is 6. The maximum atomic E-state index is 14.5. The largest absolute Gasteiger partial charge is 0.497 e. The first-order chi connectivity index (χ1) is 58.7. The van der Waals surface area contributed by atoms with Crippen LogP contribution in [-0.4, -0.2) is 103 Å². The number of allylic oxidation sites excluding steroid dienone is 1. The summed E-state index contributed by atoms with van der Waals surface area (Å²) in [6, 6.07) is 53.8. The molecule has 12 aromatic rings. The molecule has 0 unspecified atom stereocenters. The quantitative estimate of drug-likeness (QED) is 0.0220. The van der Waals surface area contributed by atoms with Crippen LogP contribution in [0.1, 0.15) is 130 Å². The predicted octanol–water partition coefficient (Wildman–Crippen LogP) is 16.8. The average molecular weight is 1650 g/mol. The average Bonchev–Trinajstić information content (AvgIpc) is 1.46. The smallest absolute Gasteiger partial charge is 0.286 e. The van der Waals surface area contributed by atoms with Gasteiger partial charge in [0.15, 0.2) is 6.21 Å². The molecule has 4 heterocycles. The van der Waals surface area contributed by atoms with Crippen LogP contribution in [0.15, 0.2) is 236 Å². The van der Waals surface area contributed by atoms with E-state index in [1.165, 1.54) is 87.0 Å². The van der Waals surface area contributed by atoms with E-state index >= 15 is 0 Å². The van der Waals surface area contributed by atoms with Crippen LogP contribution in [0.25, 0.3) is 39.0 Å². The minimum absolute atomic E-state index is 0.0184. The number of nitrogens with zero attached hydrogens (tertiary/aromatic N) is 4. The molecule has 14 rings (SSSR count). The minimum atomic E-state index is -0.801. The van der Waals surface area contributed by atoms with Crippen molar-refractivity contribution >= 4 is 52.9 Å². The summed E-state index contributed by atoms with van der Waals surface area (Å²) in [5.41, 5.74) is 16.5. The van der Waals surface area contributed by atoms with E-state index in [1.54, 1.807) is 112 Å². The van der Waals surface area contributed by atoms with E-state index in [-0.39, 0.29) is 73.7 Å². The number of fused-ring (bicyclic) bond motifs is 2. The molecule has 2 aliphatic rings. The molecule has 18 nitrogen and oxygen atoms in total. The topological polar surface area (TPSA) is 235 Å². The molecule has 0 fully saturated rings. The summed E-state index contributed by atoms with van der Waals surface area (Å²) in [6.45, 7) is 6.14.